The van der Waals surface area contributed by atoms with E-state index in [4.69, 9.17) is 9.84 Å². The fourth-order valence-electron chi connectivity index (χ4n) is 1.55. The van der Waals surface area contributed by atoms with Gasteiger partial charge in [0.2, 0.25) is 0 Å². The molecule has 0 aromatic heterocycles. The number of carbonyl (C=O) groups is 2. The summed E-state index contributed by atoms with van der Waals surface area (Å²) >= 11 is 0. The van der Waals surface area contributed by atoms with Crippen LogP contribution in [0.5, 0.6) is 5.75 Å². The van der Waals surface area contributed by atoms with Gasteiger partial charge in [-0.2, -0.15) is 0 Å². The Kier molecular flexibility index (Phi) is 5.31. The molecule has 20 heavy (non-hydrogen) atoms. The molecule has 7 heteroatoms. The van der Waals surface area contributed by atoms with Crippen LogP contribution < -0.4 is 10.1 Å². The summed E-state index contributed by atoms with van der Waals surface area (Å²) in [6.45, 7) is 1.56. The van der Waals surface area contributed by atoms with Gasteiger partial charge in [0.1, 0.15) is 11.6 Å². The highest BCUT2D eigenvalue weighted by Gasteiger charge is 2.18. The van der Waals surface area contributed by atoms with Gasteiger partial charge in [0.25, 0.3) is 0 Å². The number of nitrogens with one attached hydrogen (secondary N) is 1. The monoisotopic (exact) mass is 284 g/mol. The largest absolute Gasteiger partial charge is 0.494 e. The fraction of sp³-hybridized carbons (Fsp3) is 0.385. The average Bonchev–Trinajstić information content (AvgIpc) is 2.40. The summed E-state index contributed by atoms with van der Waals surface area (Å²) in [7, 11) is 2.84. The molecule has 1 unspecified atom stereocenters. The Morgan fingerprint density at radius 2 is 2.15 bits per heavy atom. The number of hydrogen-bond acceptors (Lipinski definition) is 3. The first-order valence-electron chi connectivity index (χ1n) is 5.93. The topological polar surface area (TPSA) is 78.9 Å². The molecule has 0 heterocycles. The highest BCUT2D eigenvalue weighted by molar-refractivity contribution is 5.91. The first-order valence-corrected chi connectivity index (χ1v) is 5.93. The zero-order chi connectivity index (χ0) is 15.3. The van der Waals surface area contributed by atoms with Crippen molar-refractivity contribution in [3.8, 4) is 5.75 Å². The second kappa shape index (κ2) is 6.74. The SMILES string of the molecule is COc1cc(F)ccc1NC(=O)N(C)CC(C)C(=O)O. The molecule has 0 radical (unpaired) electrons. The Morgan fingerprint density at radius 1 is 1.50 bits per heavy atom. The van der Waals surface area contributed by atoms with Crippen LogP contribution in [0.2, 0.25) is 0 Å². The number of benzene rings is 1. The first kappa shape index (κ1) is 15.7. The van der Waals surface area contributed by atoms with Gasteiger partial charge in [-0.3, -0.25) is 4.79 Å². The first-order chi connectivity index (χ1) is 9.35. The van der Waals surface area contributed by atoms with Crippen LogP contribution in [0.4, 0.5) is 14.9 Å². The number of hydrogen-bond donors (Lipinski definition) is 2. The van der Waals surface area contributed by atoms with Crippen LogP contribution in [0, 0.1) is 11.7 Å². The van der Waals surface area contributed by atoms with Crippen molar-refractivity contribution >= 4 is 17.7 Å². The summed E-state index contributed by atoms with van der Waals surface area (Å²) in [5, 5.41) is 11.3. The van der Waals surface area contributed by atoms with Crippen molar-refractivity contribution in [3.05, 3.63) is 24.0 Å². The number of ether oxygens (including phenoxy) is 1. The summed E-state index contributed by atoms with van der Waals surface area (Å²) in [4.78, 5) is 23.9. The van der Waals surface area contributed by atoms with E-state index >= 15 is 0 Å². The molecule has 110 valence electrons. The van der Waals surface area contributed by atoms with Gasteiger partial charge in [-0.1, -0.05) is 6.92 Å². The quantitative estimate of drug-likeness (QED) is 0.867. The van der Waals surface area contributed by atoms with E-state index < -0.39 is 23.7 Å². The number of carboxylic acids is 1. The lowest BCUT2D eigenvalue weighted by atomic mass is 10.2. The summed E-state index contributed by atoms with van der Waals surface area (Å²) in [6.07, 6.45) is 0. The van der Waals surface area contributed by atoms with E-state index in [9.17, 15) is 14.0 Å². The molecule has 1 atom stereocenters. The third kappa shape index (κ3) is 4.11. The van der Waals surface area contributed by atoms with E-state index in [1.165, 1.54) is 38.1 Å². The van der Waals surface area contributed by atoms with Crippen LogP contribution in [0.15, 0.2) is 18.2 Å². The van der Waals surface area contributed by atoms with Crippen molar-refractivity contribution in [1.82, 2.24) is 4.90 Å². The van der Waals surface area contributed by atoms with Crippen molar-refractivity contribution in [2.45, 2.75) is 6.92 Å². The van der Waals surface area contributed by atoms with E-state index in [0.29, 0.717) is 5.69 Å². The summed E-state index contributed by atoms with van der Waals surface area (Å²) in [5.74, 6) is -1.95. The highest BCUT2D eigenvalue weighted by Crippen LogP contribution is 2.25. The van der Waals surface area contributed by atoms with Crippen molar-refractivity contribution in [1.29, 1.82) is 0 Å². The van der Waals surface area contributed by atoms with Gasteiger partial charge in [0.05, 0.1) is 18.7 Å². The van der Waals surface area contributed by atoms with Crippen molar-refractivity contribution < 1.29 is 23.8 Å². The highest BCUT2D eigenvalue weighted by atomic mass is 19.1. The van der Waals surface area contributed by atoms with E-state index in [-0.39, 0.29) is 12.3 Å². The summed E-state index contributed by atoms with van der Waals surface area (Å²) in [6, 6.07) is 3.22. The summed E-state index contributed by atoms with van der Waals surface area (Å²) < 4.78 is 18.0. The molecule has 0 saturated carbocycles. The molecular weight excluding hydrogens is 267 g/mol. The minimum absolute atomic E-state index is 0.0602. The maximum absolute atomic E-state index is 13.0. The van der Waals surface area contributed by atoms with Gasteiger partial charge in [-0.05, 0) is 12.1 Å². The lowest BCUT2D eigenvalue weighted by Gasteiger charge is -2.20. The number of amides is 2. The molecule has 2 N–H and O–H groups in total. The molecule has 0 aliphatic rings. The van der Waals surface area contributed by atoms with Crippen molar-refractivity contribution in [2.75, 3.05) is 26.0 Å². The smallest absolute Gasteiger partial charge is 0.321 e. The molecule has 1 aromatic rings. The molecule has 0 bridgehead atoms. The number of carboxylic acid groups (broad SMARTS) is 1. The number of carbonyl (C=O) groups excluding carboxylic acids is 1. The Bertz CT molecular complexity index is 507. The van der Waals surface area contributed by atoms with E-state index in [0.717, 1.165) is 6.07 Å². The molecule has 1 rings (SSSR count). The molecule has 0 fully saturated rings. The number of halogens is 1. The molecule has 1 aromatic carbocycles. The number of urea groups is 1. The maximum atomic E-state index is 13.0. The van der Waals surface area contributed by atoms with Crippen LogP contribution >= 0.6 is 0 Å². The van der Waals surface area contributed by atoms with Crippen molar-refractivity contribution in [3.63, 3.8) is 0 Å². The maximum Gasteiger partial charge on any atom is 0.321 e. The van der Waals surface area contributed by atoms with E-state index in [1.807, 2.05) is 0 Å². The van der Waals surface area contributed by atoms with Gasteiger partial charge in [-0.15, -0.1) is 0 Å². The van der Waals surface area contributed by atoms with Crippen LogP contribution in [0.3, 0.4) is 0 Å². The normalized spacial score (nSPS) is 11.6. The molecule has 0 saturated heterocycles. The number of rotatable bonds is 5. The third-order valence-corrected chi connectivity index (χ3v) is 2.72. The lowest BCUT2D eigenvalue weighted by molar-refractivity contribution is -0.141. The molecule has 0 aliphatic carbocycles. The van der Waals surface area contributed by atoms with E-state index in [1.54, 1.807) is 0 Å². The number of nitrogens with zero attached hydrogens (tertiary/aromatic N) is 1. The van der Waals surface area contributed by atoms with Crippen LogP contribution in [-0.2, 0) is 4.79 Å². The minimum Gasteiger partial charge on any atom is -0.494 e. The van der Waals surface area contributed by atoms with E-state index in [2.05, 4.69) is 5.32 Å². The van der Waals surface area contributed by atoms with Gasteiger partial charge in [0.15, 0.2) is 0 Å². The number of anilines is 1. The van der Waals surface area contributed by atoms with Crippen LogP contribution in [-0.4, -0.2) is 42.7 Å². The third-order valence-electron chi connectivity index (χ3n) is 2.72. The van der Waals surface area contributed by atoms with Gasteiger partial charge < -0.3 is 20.1 Å². The molecule has 2 amide bonds. The zero-order valence-electron chi connectivity index (χ0n) is 11.5. The number of aliphatic carboxylic acids is 1. The Hall–Kier alpha value is -2.31. The predicted octanol–water partition coefficient (Wildman–Crippen LogP) is 2.02. The molecule has 6 nitrogen and oxygen atoms in total. The second-order valence-corrected chi connectivity index (χ2v) is 4.39. The Labute approximate surface area is 116 Å². The predicted molar refractivity (Wildman–Crippen MR) is 71.4 cm³/mol. The van der Waals surface area contributed by atoms with Crippen LogP contribution in [0.25, 0.3) is 0 Å². The Morgan fingerprint density at radius 3 is 2.70 bits per heavy atom. The average molecular weight is 284 g/mol. The Balaban J connectivity index is 2.73. The fourth-order valence-corrected chi connectivity index (χ4v) is 1.55. The van der Waals surface area contributed by atoms with Crippen molar-refractivity contribution in [2.24, 2.45) is 5.92 Å². The molecule has 0 aliphatic heterocycles. The van der Waals surface area contributed by atoms with Crippen LogP contribution in [0.1, 0.15) is 6.92 Å². The molecule has 0 spiro atoms. The second-order valence-electron chi connectivity index (χ2n) is 4.39. The lowest BCUT2D eigenvalue weighted by Crippen LogP contribution is -2.36. The van der Waals surface area contributed by atoms with Gasteiger partial charge in [-0.25, -0.2) is 9.18 Å². The summed E-state index contributed by atoms with van der Waals surface area (Å²) in [5.41, 5.74) is 0.314. The zero-order valence-corrected chi connectivity index (χ0v) is 11.5. The molecular formula is C13H17FN2O4. The van der Waals surface area contributed by atoms with Gasteiger partial charge >= 0.3 is 12.0 Å². The van der Waals surface area contributed by atoms with Gasteiger partial charge in [0, 0.05) is 19.7 Å². The minimum atomic E-state index is -0.982. The number of methoxy groups -OCH3 is 1. The standard InChI is InChI=1S/C13H17FN2O4/c1-8(12(17)18)7-16(2)13(19)15-10-5-4-9(14)6-11(10)20-3/h4-6,8H,7H2,1-3H3,(H,15,19)(H,17,18).